The van der Waals surface area contributed by atoms with E-state index in [9.17, 15) is 9.59 Å². The molecular weight excluding hydrogens is 376 g/mol. The zero-order chi connectivity index (χ0) is 21.6. The maximum Gasteiger partial charge on any atom is 0.251 e. The number of hydrogen-bond donors (Lipinski definition) is 2. The minimum Gasteiger partial charge on any atom is -0.357 e. The Hall–Kier alpha value is -2.89. The van der Waals surface area contributed by atoms with Crippen LogP contribution in [0.3, 0.4) is 0 Å². The molecule has 0 unspecified atom stereocenters. The molecule has 0 radical (unpaired) electrons. The van der Waals surface area contributed by atoms with Crippen molar-refractivity contribution in [1.29, 1.82) is 0 Å². The average Bonchev–Trinajstić information content (AvgIpc) is 3.01. The molecule has 6 nitrogen and oxygen atoms in total. The van der Waals surface area contributed by atoms with Crippen LogP contribution in [0.25, 0.3) is 0 Å². The predicted octanol–water partition coefficient (Wildman–Crippen LogP) is 4.38. The number of benzene rings is 1. The first kappa shape index (κ1) is 21.8. The molecule has 1 saturated heterocycles. The van der Waals surface area contributed by atoms with Gasteiger partial charge >= 0.3 is 0 Å². The summed E-state index contributed by atoms with van der Waals surface area (Å²) in [6.45, 7) is 8.09. The Labute approximate surface area is 179 Å². The summed E-state index contributed by atoms with van der Waals surface area (Å²) in [6, 6.07) is 11.0. The molecule has 1 aromatic heterocycles. The second kappa shape index (κ2) is 9.74. The van der Waals surface area contributed by atoms with Gasteiger partial charge in [0.2, 0.25) is 5.91 Å². The van der Waals surface area contributed by atoms with Crippen molar-refractivity contribution in [2.75, 3.05) is 23.3 Å². The van der Waals surface area contributed by atoms with Crippen LogP contribution in [-0.4, -0.2) is 29.9 Å². The van der Waals surface area contributed by atoms with Crippen LogP contribution in [0.5, 0.6) is 0 Å². The molecule has 0 bridgehead atoms. The van der Waals surface area contributed by atoms with Gasteiger partial charge in [-0.15, -0.1) is 0 Å². The van der Waals surface area contributed by atoms with Gasteiger partial charge in [0.05, 0.1) is 0 Å². The number of carbonyl (C=O) groups excluding carboxylic acids is 2. The van der Waals surface area contributed by atoms with Crippen molar-refractivity contribution in [3.63, 3.8) is 0 Å². The molecule has 2 heterocycles. The van der Waals surface area contributed by atoms with E-state index in [1.165, 1.54) is 25.7 Å². The number of anilines is 2. The highest BCUT2D eigenvalue weighted by Gasteiger charge is 2.21. The second-order valence-electron chi connectivity index (χ2n) is 8.89. The van der Waals surface area contributed by atoms with Gasteiger partial charge in [-0.25, -0.2) is 4.98 Å². The molecule has 30 heavy (non-hydrogen) atoms. The Kier molecular flexibility index (Phi) is 7.08. The maximum atomic E-state index is 12.6. The molecule has 1 fully saturated rings. The quantitative estimate of drug-likeness (QED) is 0.770. The fraction of sp³-hybridized carbons (Fsp3) is 0.458. The van der Waals surface area contributed by atoms with Crippen molar-refractivity contribution in [2.24, 2.45) is 5.41 Å². The van der Waals surface area contributed by atoms with Gasteiger partial charge in [0, 0.05) is 42.5 Å². The van der Waals surface area contributed by atoms with Crippen LogP contribution < -0.4 is 15.5 Å². The highest BCUT2D eigenvalue weighted by Crippen LogP contribution is 2.19. The summed E-state index contributed by atoms with van der Waals surface area (Å²) in [5, 5.41) is 5.79. The SMILES string of the molecule is CC(C)(C)C(=O)Nc1cccc(C(=O)NCc2ccc(N3CCCCCC3)nc2)c1. The van der Waals surface area contributed by atoms with Gasteiger partial charge in [-0.3, -0.25) is 9.59 Å². The molecule has 3 rings (SSSR count). The van der Waals surface area contributed by atoms with E-state index in [2.05, 4.69) is 20.5 Å². The van der Waals surface area contributed by atoms with Crippen LogP contribution in [0.2, 0.25) is 0 Å². The van der Waals surface area contributed by atoms with Gasteiger partial charge in [0.1, 0.15) is 5.82 Å². The highest BCUT2D eigenvalue weighted by molar-refractivity contribution is 5.98. The fourth-order valence-corrected chi connectivity index (χ4v) is 3.35. The van der Waals surface area contributed by atoms with Crippen LogP contribution >= 0.6 is 0 Å². The number of carbonyl (C=O) groups is 2. The first-order chi connectivity index (χ1) is 14.3. The van der Waals surface area contributed by atoms with Crippen molar-refractivity contribution >= 4 is 23.3 Å². The van der Waals surface area contributed by atoms with E-state index in [1.54, 1.807) is 24.3 Å². The lowest BCUT2D eigenvalue weighted by Gasteiger charge is -2.21. The predicted molar refractivity (Wildman–Crippen MR) is 121 cm³/mol. The van der Waals surface area contributed by atoms with Crippen LogP contribution in [-0.2, 0) is 11.3 Å². The topological polar surface area (TPSA) is 74.3 Å². The third-order valence-electron chi connectivity index (χ3n) is 5.26. The number of hydrogen-bond acceptors (Lipinski definition) is 4. The lowest BCUT2D eigenvalue weighted by Crippen LogP contribution is -2.28. The monoisotopic (exact) mass is 408 g/mol. The largest absolute Gasteiger partial charge is 0.357 e. The van der Waals surface area contributed by atoms with Crippen LogP contribution in [0, 0.1) is 5.41 Å². The van der Waals surface area contributed by atoms with E-state index >= 15 is 0 Å². The fourth-order valence-electron chi connectivity index (χ4n) is 3.35. The van der Waals surface area contributed by atoms with E-state index in [0.717, 1.165) is 24.5 Å². The lowest BCUT2D eigenvalue weighted by atomic mass is 9.95. The van der Waals surface area contributed by atoms with E-state index < -0.39 is 5.41 Å². The van der Waals surface area contributed by atoms with Crippen LogP contribution in [0.4, 0.5) is 11.5 Å². The molecule has 1 aliphatic rings. The van der Waals surface area contributed by atoms with Crippen molar-refractivity contribution in [2.45, 2.75) is 53.0 Å². The number of nitrogens with one attached hydrogen (secondary N) is 2. The number of nitrogens with zero attached hydrogens (tertiary/aromatic N) is 2. The van der Waals surface area contributed by atoms with Crippen molar-refractivity contribution in [1.82, 2.24) is 10.3 Å². The second-order valence-corrected chi connectivity index (χ2v) is 8.89. The Morgan fingerprint density at radius 3 is 2.40 bits per heavy atom. The third kappa shape index (κ3) is 6.05. The first-order valence-electron chi connectivity index (χ1n) is 10.7. The number of aromatic nitrogens is 1. The van der Waals surface area contributed by atoms with Crippen molar-refractivity contribution < 1.29 is 9.59 Å². The first-order valence-corrected chi connectivity index (χ1v) is 10.7. The molecule has 160 valence electrons. The maximum absolute atomic E-state index is 12.6. The third-order valence-corrected chi connectivity index (χ3v) is 5.26. The van der Waals surface area contributed by atoms with E-state index in [0.29, 0.717) is 17.8 Å². The van der Waals surface area contributed by atoms with E-state index in [1.807, 2.05) is 39.1 Å². The molecule has 2 N–H and O–H groups in total. The normalized spacial score (nSPS) is 14.7. The molecular formula is C24H32N4O2. The molecule has 0 atom stereocenters. The molecule has 1 aromatic carbocycles. The smallest absolute Gasteiger partial charge is 0.251 e. The van der Waals surface area contributed by atoms with Crippen molar-refractivity contribution in [3.8, 4) is 0 Å². The van der Waals surface area contributed by atoms with Gasteiger partial charge in [0.25, 0.3) is 5.91 Å². The molecule has 2 aromatic rings. The summed E-state index contributed by atoms with van der Waals surface area (Å²) in [7, 11) is 0. The van der Waals surface area contributed by atoms with E-state index in [4.69, 9.17) is 0 Å². The molecule has 0 aliphatic carbocycles. The Morgan fingerprint density at radius 1 is 1.03 bits per heavy atom. The summed E-state index contributed by atoms with van der Waals surface area (Å²) in [4.78, 5) is 31.6. The van der Waals surface area contributed by atoms with Gasteiger partial charge in [-0.05, 0) is 42.7 Å². The van der Waals surface area contributed by atoms with E-state index in [-0.39, 0.29) is 11.8 Å². The van der Waals surface area contributed by atoms with Gasteiger partial charge in [-0.2, -0.15) is 0 Å². The summed E-state index contributed by atoms with van der Waals surface area (Å²) < 4.78 is 0. The number of amides is 2. The standard InChI is InChI=1S/C24H32N4O2/c1-24(2,3)23(30)27-20-10-8-9-19(15-20)22(29)26-17-18-11-12-21(25-16-18)28-13-6-4-5-7-14-28/h8-12,15-16H,4-7,13-14,17H2,1-3H3,(H,26,29)(H,27,30). The van der Waals surface area contributed by atoms with Gasteiger partial charge in [-0.1, -0.05) is 45.7 Å². The number of rotatable bonds is 5. The summed E-state index contributed by atoms with van der Waals surface area (Å²) in [6.07, 6.45) is 6.85. The van der Waals surface area contributed by atoms with Crippen molar-refractivity contribution in [3.05, 3.63) is 53.7 Å². The zero-order valence-corrected chi connectivity index (χ0v) is 18.2. The summed E-state index contributed by atoms with van der Waals surface area (Å²) in [5.41, 5.74) is 1.59. The lowest BCUT2D eigenvalue weighted by molar-refractivity contribution is -0.123. The van der Waals surface area contributed by atoms with Crippen LogP contribution in [0.1, 0.15) is 62.4 Å². The summed E-state index contributed by atoms with van der Waals surface area (Å²) >= 11 is 0. The van der Waals surface area contributed by atoms with Gasteiger partial charge < -0.3 is 15.5 Å². The molecule has 1 aliphatic heterocycles. The average molecular weight is 409 g/mol. The summed E-state index contributed by atoms with van der Waals surface area (Å²) in [5.74, 6) is 0.739. The Morgan fingerprint density at radius 2 is 1.77 bits per heavy atom. The Balaban J connectivity index is 1.56. The molecule has 0 spiro atoms. The Bertz CT molecular complexity index is 864. The van der Waals surface area contributed by atoms with Crippen LogP contribution in [0.15, 0.2) is 42.6 Å². The molecule has 6 heteroatoms. The minimum absolute atomic E-state index is 0.0874. The minimum atomic E-state index is -0.495. The zero-order valence-electron chi connectivity index (χ0n) is 18.2. The molecule has 0 saturated carbocycles. The molecule has 2 amide bonds. The number of pyridine rings is 1. The van der Waals surface area contributed by atoms with Gasteiger partial charge in [0.15, 0.2) is 0 Å². The highest BCUT2D eigenvalue weighted by atomic mass is 16.2.